The predicted molar refractivity (Wildman–Crippen MR) is 77.0 cm³/mol. The number of fused-ring (bicyclic) bond motifs is 10. The van der Waals surface area contributed by atoms with Crippen molar-refractivity contribution in [2.45, 2.75) is 20.8 Å². The molecular weight excluding hydrogens is 264 g/mol. The highest BCUT2D eigenvalue weighted by Gasteiger charge is 3.33. The SMILES string of the molecule is CC1C2C3C4C5C6C7C8C9C%10C%11C%12C(C)C1(C)C2%12C3%11C4%10C59C768. The van der Waals surface area contributed by atoms with Crippen molar-refractivity contribution in [2.24, 2.45) is 109 Å². The summed E-state index contributed by atoms with van der Waals surface area (Å²) in [5.41, 5.74) is 6.07. The van der Waals surface area contributed by atoms with E-state index in [1.807, 2.05) is 0 Å². The van der Waals surface area contributed by atoms with E-state index in [1.165, 1.54) is 65.1 Å². The topological polar surface area (TPSA) is 0 Å². The Balaban J connectivity index is 1.24. The fourth-order valence-corrected chi connectivity index (χ4v) is 17.8. The third kappa shape index (κ3) is 0.259. The van der Waals surface area contributed by atoms with E-state index >= 15 is 0 Å². The number of hydrogen-bond acceptors (Lipinski definition) is 0. The molecule has 5 spiro atoms. The van der Waals surface area contributed by atoms with Crippen LogP contribution in [0.5, 0.6) is 0 Å². The zero-order valence-corrected chi connectivity index (χ0v) is 13.5. The lowest BCUT2D eigenvalue weighted by atomic mass is 8.77. The summed E-state index contributed by atoms with van der Waals surface area (Å²) in [6.07, 6.45) is 0. The predicted octanol–water partition coefficient (Wildman–Crippen LogP) is 3.14. The van der Waals surface area contributed by atoms with Crippen molar-refractivity contribution in [3.05, 3.63) is 0 Å². The standard InChI is InChI=1S/C22H22/c1-4-6-11-15-13-9-8-10-14-16-12-7-5(2)17(4,3)19(6,7)21(11,12)22(15,16)20(13,14)18(8,9)10/h4-16H,1-3H3. The van der Waals surface area contributed by atoms with Crippen LogP contribution in [-0.4, -0.2) is 0 Å². The normalized spacial score (nSPS) is 117. The van der Waals surface area contributed by atoms with Crippen LogP contribution in [-0.2, 0) is 0 Å². The highest BCUT2D eigenvalue weighted by molar-refractivity contribution is 5.78. The van der Waals surface area contributed by atoms with Gasteiger partial charge < -0.3 is 0 Å². The Morgan fingerprint density at radius 1 is 0.455 bits per heavy atom. The van der Waals surface area contributed by atoms with E-state index in [2.05, 4.69) is 20.8 Å². The highest BCUT2D eigenvalue weighted by Crippen LogP contribution is 3.35. The molecule has 0 N–H and O–H groups in total. The average molecular weight is 286 g/mol. The molecule has 0 aromatic rings. The van der Waals surface area contributed by atoms with Crippen molar-refractivity contribution in [3.63, 3.8) is 0 Å². The molecule has 110 valence electrons. The molecule has 12 unspecified atom stereocenters. The average Bonchev–Trinajstić information content (AvgIpc) is 3.26. The number of hydrogen-bond donors (Lipinski definition) is 0. The van der Waals surface area contributed by atoms with Gasteiger partial charge >= 0.3 is 0 Å². The maximum atomic E-state index is 2.76. The molecule has 0 aliphatic heterocycles. The second-order valence-corrected chi connectivity index (χ2v) is 13.1. The van der Waals surface area contributed by atoms with E-state index in [9.17, 15) is 0 Å². The van der Waals surface area contributed by atoms with E-state index in [0.717, 1.165) is 44.3 Å². The Hall–Kier alpha value is 0. The zero-order chi connectivity index (χ0) is 13.5. The maximum absolute atomic E-state index is 2.76. The molecule has 0 aromatic heterocycles. The molecule has 0 nitrogen and oxygen atoms in total. The third-order valence-corrected chi connectivity index (χ3v) is 16.1. The second kappa shape index (κ2) is 1.49. The van der Waals surface area contributed by atoms with Gasteiger partial charge in [0.15, 0.2) is 0 Å². The monoisotopic (exact) mass is 286 g/mol. The van der Waals surface area contributed by atoms with E-state index in [4.69, 9.17) is 0 Å². The van der Waals surface area contributed by atoms with E-state index < -0.39 is 0 Å². The van der Waals surface area contributed by atoms with Crippen LogP contribution in [0.1, 0.15) is 20.8 Å². The molecule has 0 saturated heterocycles. The lowest BCUT2D eigenvalue weighted by Gasteiger charge is -3.26. The molecule has 0 heteroatoms. The van der Waals surface area contributed by atoms with Crippen LogP contribution in [0, 0.1) is 109 Å². The molecular formula is C22H22. The molecule has 12 rings (SSSR count). The summed E-state index contributed by atoms with van der Waals surface area (Å²) in [5.74, 6) is 16.6. The van der Waals surface area contributed by atoms with Gasteiger partial charge in [-0.25, -0.2) is 0 Å². The molecule has 0 radical (unpaired) electrons. The van der Waals surface area contributed by atoms with E-state index in [0.29, 0.717) is 0 Å². The van der Waals surface area contributed by atoms with Crippen molar-refractivity contribution in [2.75, 3.05) is 0 Å². The third-order valence-electron chi connectivity index (χ3n) is 16.1. The zero-order valence-electron chi connectivity index (χ0n) is 13.5. The van der Waals surface area contributed by atoms with Crippen LogP contribution in [0.15, 0.2) is 0 Å². The van der Waals surface area contributed by atoms with Gasteiger partial charge in [0.1, 0.15) is 0 Å². The maximum Gasteiger partial charge on any atom is -0.00933 e. The summed E-state index contributed by atoms with van der Waals surface area (Å²) >= 11 is 0. The van der Waals surface area contributed by atoms with Crippen molar-refractivity contribution in [1.82, 2.24) is 0 Å². The van der Waals surface area contributed by atoms with E-state index in [1.54, 1.807) is 0 Å². The summed E-state index contributed by atoms with van der Waals surface area (Å²) in [7, 11) is 0. The van der Waals surface area contributed by atoms with Crippen molar-refractivity contribution < 1.29 is 0 Å². The molecule has 12 atom stereocenters. The first-order chi connectivity index (χ1) is 10.7. The molecule has 12 saturated carbocycles. The molecule has 12 aliphatic carbocycles. The van der Waals surface area contributed by atoms with Crippen molar-refractivity contribution in [3.8, 4) is 0 Å². The first-order valence-corrected chi connectivity index (χ1v) is 10.7. The molecule has 12 fully saturated rings. The highest BCUT2D eigenvalue weighted by atomic mass is 15.4. The first-order valence-electron chi connectivity index (χ1n) is 10.7. The van der Waals surface area contributed by atoms with Gasteiger partial charge in [-0.3, -0.25) is 0 Å². The van der Waals surface area contributed by atoms with Crippen LogP contribution < -0.4 is 0 Å². The quantitative estimate of drug-likeness (QED) is 0.642. The fraction of sp³-hybridized carbons (Fsp3) is 1.00. The largest absolute Gasteiger partial charge is 0.0617 e. The summed E-state index contributed by atoms with van der Waals surface area (Å²) in [4.78, 5) is 0. The van der Waals surface area contributed by atoms with Gasteiger partial charge in [-0.1, -0.05) is 20.8 Å². The molecule has 0 heterocycles. The second-order valence-electron chi connectivity index (χ2n) is 13.1. The Kier molecular flexibility index (Phi) is 0.605. The Labute approximate surface area is 130 Å². The van der Waals surface area contributed by atoms with Gasteiger partial charge in [-0.05, 0) is 109 Å². The lowest BCUT2D eigenvalue weighted by Crippen LogP contribution is -3.24. The smallest absolute Gasteiger partial charge is 0.00933 e. The summed E-state index contributed by atoms with van der Waals surface area (Å²) in [6.45, 7) is 8.12. The molecule has 0 amide bonds. The minimum absolute atomic E-state index is 0.809. The van der Waals surface area contributed by atoms with Gasteiger partial charge in [0, 0.05) is 0 Å². The van der Waals surface area contributed by atoms with Gasteiger partial charge in [0.25, 0.3) is 0 Å². The molecule has 12 aliphatic rings. The summed E-state index contributed by atoms with van der Waals surface area (Å²) in [5, 5.41) is 0. The Bertz CT molecular complexity index is 872. The molecule has 22 heavy (non-hydrogen) atoms. The van der Waals surface area contributed by atoms with Crippen LogP contribution in [0.2, 0.25) is 0 Å². The van der Waals surface area contributed by atoms with Gasteiger partial charge in [-0.15, -0.1) is 0 Å². The molecule has 0 aromatic carbocycles. The van der Waals surface area contributed by atoms with Crippen LogP contribution >= 0.6 is 0 Å². The van der Waals surface area contributed by atoms with Crippen LogP contribution in [0.4, 0.5) is 0 Å². The van der Waals surface area contributed by atoms with Crippen LogP contribution in [0.25, 0.3) is 0 Å². The Morgan fingerprint density at radius 3 is 1.45 bits per heavy atom. The van der Waals surface area contributed by atoms with E-state index in [-0.39, 0.29) is 0 Å². The minimum atomic E-state index is 0.809. The Morgan fingerprint density at radius 2 is 0.864 bits per heavy atom. The van der Waals surface area contributed by atoms with Gasteiger partial charge in [0.05, 0.1) is 0 Å². The van der Waals surface area contributed by atoms with Gasteiger partial charge in [-0.2, -0.15) is 0 Å². The van der Waals surface area contributed by atoms with Crippen molar-refractivity contribution in [1.29, 1.82) is 0 Å². The van der Waals surface area contributed by atoms with Crippen LogP contribution in [0.3, 0.4) is 0 Å². The van der Waals surface area contributed by atoms with Gasteiger partial charge in [0.2, 0.25) is 0 Å². The first kappa shape index (κ1) is 8.91. The number of rotatable bonds is 0. The summed E-state index contributed by atoms with van der Waals surface area (Å²) < 4.78 is 0. The lowest BCUT2D eigenvalue weighted by molar-refractivity contribution is -0.803. The minimum Gasteiger partial charge on any atom is -0.0617 e. The van der Waals surface area contributed by atoms with Crippen molar-refractivity contribution >= 4 is 0 Å². The summed E-state index contributed by atoms with van der Waals surface area (Å²) in [6, 6.07) is 0. The fourth-order valence-electron chi connectivity index (χ4n) is 17.8. The molecule has 0 bridgehead atoms.